The molecular formula is C14H13Cl2NS. The summed E-state index contributed by atoms with van der Waals surface area (Å²) in [6.45, 7) is 3.02. The molecule has 1 aromatic heterocycles. The van der Waals surface area contributed by atoms with Crippen LogP contribution in [0.4, 0.5) is 0 Å². The van der Waals surface area contributed by atoms with E-state index >= 15 is 0 Å². The van der Waals surface area contributed by atoms with Gasteiger partial charge in [0.2, 0.25) is 0 Å². The average molecular weight is 298 g/mol. The van der Waals surface area contributed by atoms with E-state index in [1.54, 1.807) is 0 Å². The van der Waals surface area contributed by atoms with Gasteiger partial charge in [-0.1, -0.05) is 29.3 Å². The quantitative estimate of drug-likeness (QED) is 0.782. The van der Waals surface area contributed by atoms with Gasteiger partial charge in [0.1, 0.15) is 0 Å². The van der Waals surface area contributed by atoms with Gasteiger partial charge < -0.3 is 0 Å². The van der Waals surface area contributed by atoms with E-state index in [4.69, 9.17) is 23.2 Å². The van der Waals surface area contributed by atoms with Crippen molar-refractivity contribution in [3.8, 4) is 0 Å². The highest BCUT2D eigenvalue weighted by Gasteiger charge is 2.17. The normalized spacial score (nSPS) is 15.7. The molecule has 0 amide bonds. The molecule has 1 aromatic carbocycles. The summed E-state index contributed by atoms with van der Waals surface area (Å²) in [7, 11) is 0. The highest BCUT2D eigenvalue weighted by atomic mass is 35.5. The van der Waals surface area contributed by atoms with Crippen molar-refractivity contribution >= 4 is 34.5 Å². The smallest absolute Gasteiger partial charge is 0.0465 e. The van der Waals surface area contributed by atoms with Gasteiger partial charge in [0.25, 0.3) is 0 Å². The standard InChI is InChI=1S/C14H13Cl2NS/c15-12-2-1-10(13(16)7-12)8-17-5-3-14-11(9-17)4-6-18-14/h1-2,4,6-7H,3,5,8-9H2. The molecule has 2 aromatic rings. The van der Waals surface area contributed by atoms with E-state index in [0.29, 0.717) is 5.02 Å². The monoisotopic (exact) mass is 297 g/mol. The van der Waals surface area contributed by atoms with Crippen molar-refractivity contribution < 1.29 is 0 Å². The summed E-state index contributed by atoms with van der Waals surface area (Å²) < 4.78 is 0. The Morgan fingerprint density at radius 1 is 1.22 bits per heavy atom. The SMILES string of the molecule is Clc1ccc(CN2CCc3sccc3C2)c(Cl)c1. The number of thiophene rings is 1. The second-order valence-electron chi connectivity index (χ2n) is 4.57. The molecule has 2 heterocycles. The van der Waals surface area contributed by atoms with E-state index < -0.39 is 0 Å². The van der Waals surface area contributed by atoms with Crippen LogP contribution in [0.5, 0.6) is 0 Å². The first kappa shape index (κ1) is 12.5. The lowest BCUT2D eigenvalue weighted by atomic mass is 10.1. The largest absolute Gasteiger partial charge is 0.294 e. The molecule has 4 heteroatoms. The molecule has 18 heavy (non-hydrogen) atoms. The molecule has 0 radical (unpaired) electrons. The molecule has 0 N–H and O–H groups in total. The van der Waals surface area contributed by atoms with Crippen molar-refractivity contribution in [1.29, 1.82) is 0 Å². The van der Waals surface area contributed by atoms with Gasteiger partial charge >= 0.3 is 0 Å². The fourth-order valence-corrected chi connectivity index (χ4v) is 3.69. The van der Waals surface area contributed by atoms with Crippen molar-refractivity contribution in [2.75, 3.05) is 6.54 Å². The predicted octanol–water partition coefficient (Wildman–Crippen LogP) is 4.61. The maximum absolute atomic E-state index is 6.22. The lowest BCUT2D eigenvalue weighted by molar-refractivity contribution is 0.247. The minimum absolute atomic E-state index is 0.697. The zero-order valence-electron chi connectivity index (χ0n) is 9.83. The molecule has 0 fully saturated rings. The fraction of sp³-hybridized carbons (Fsp3) is 0.286. The molecule has 1 aliphatic rings. The third-order valence-corrected chi connectivity index (χ3v) is 4.91. The van der Waals surface area contributed by atoms with Gasteiger partial charge in [0.05, 0.1) is 0 Å². The highest BCUT2D eigenvalue weighted by molar-refractivity contribution is 7.10. The lowest BCUT2D eigenvalue weighted by Crippen LogP contribution is -2.29. The number of nitrogens with zero attached hydrogens (tertiary/aromatic N) is 1. The number of hydrogen-bond acceptors (Lipinski definition) is 2. The predicted molar refractivity (Wildman–Crippen MR) is 78.6 cm³/mol. The van der Waals surface area contributed by atoms with Crippen LogP contribution in [0.3, 0.4) is 0 Å². The summed E-state index contributed by atoms with van der Waals surface area (Å²) in [4.78, 5) is 3.97. The van der Waals surface area contributed by atoms with Gasteiger partial charge in [-0.05, 0) is 41.1 Å². The summed E-state index contributed by atoms with van der Waals surface area (Å²) in [6, 6.07) is 7.98. The Kier molecular flexibility index (Phi) is 3.62. The van der Waals surface area contributed by atoms with E-state index in [9.17, 15) is 0 Å². The number of benzene rings is 1. The van der Waals surface area contributed by atoms with Gasteiger partial charge in [0.15, 0.2) is 0 Å². The van der Waals surface area contributed by atoms with Crippen LogP contribution in [0.2, 0.25) is 10.0 Å². The molecule has 3 rings (SSSR count). The molecule has 0 aliphatic carbocycles. The zero-order chi connectivity index (χ0) is 12.5. The first-order valence-electron chi connectivity index (χ1n) is 5.94. The molecular weight excluding hydrogens is 285 g/mol. The summed E-state index contributed by atoms with van der Waals surface area (Å²) >= 11 is 14.0. The van der Waals surface area contributed by atoms with E-state index in [-0.39, 0.29) is 0 Å². The lowest BCUT2D eigenvalue weighted by Gasteiger charge is -2.27. The van der Waals surface area contributed by atoms with Gasteiger partial charge in [-0.15, -0.1) is 11.3 Å². The highest BCUT2D eigenvalue weighted by Crippen LogP contribution is 2.27. The third-order valence-electron chi connectivity index (χ3n) is 3.30. The van der Waals surface area contributed by atoms with Crippen LogP contribution in [0, 0.1) is 0 Å². The van der Waals surface area contributed by atoms with Crippen LogP contribution >= 0.6 is 34.5 Å². The summed E-state index contributed by atoms with van der Waals surface area (Å²) in [5, 5.41) is 3.64. The van der Waals surface area contributed by atoms with Crippen molar-refractivity contribution in [3.05, 3.63) is 55.7 Å². The van der Waals surface area contributed by atoms with E-state index in [1.165, 1.54) is 10.4 Å². The molecule has 1 nitrogen and oxygen atoms in total. The Labute approximate surface area is 121 Å². The summed E-state index contributed by atoms with van der Waals surface area (Å²) in [6.07, 6.45) is 1.15. The van der Waals surface area contributed by atoms with Crippen molar-refractivity contribution in [3.63, 3.8) is 0 Å². The minimum Gasteiger partial charge on any atom is -0.294 e. The van der Waals surface area contributed by atoms with Gasteiger partial charge in [-0.25, -0.2) is 0 Å². The first-order valence-corrected chi connectivity index (χ1v) is 7.57. The van der Waals surface area contributed by atoms with Gasteiger partial charge in [-0.3, -0.25) is 4.90 Å². The second kappa shape index (κ2) is 5.22. The van der Waals surface area contributed by atoms with Crippen LogP contribution in [-0.2, 0) is 19.5 Å². The molecule has 94 valence electrons. The molecule has 0 unspecified atom stereocenters. The van der Waals surface area contributed by atoms with Crippen LogP contribution in [-0.4, -0.2) is 11.4 Å². The molecule has 0 saturated heterocycles. The number of hydrogen-bond donors (Lipinski definition) is 0. The number of halogens is 2. The van der Waals surface area contributed by atoms with Crippen molar-refractivity contribution in [1.82, 2.24) is 4.90 Å². The minimum atomic E-state index is 0.697. The average Bonchev–Trinajstić information content (AvgIpc) is 2.80. The summed E-state index contributed by atoms with van der Waals surface area (Å²) in [5.41, 5.74) is 2.62. The van der Waals surface area contributed by atoms with Crippen molar-refractivity contribution in [2.45, 2.75) is 19.5 Å². The van der Waals surface area contributed by atoms with Crippen LogP contribution in [0.25, 0.3) is 0 Å². The summed E-state index contributed by atoms with van der Waals surface area (Å²) in [5.74, 6) is 0. The second-order valence-corrected chi connectivity index (χ2v) is 6.41. The number of fused-ring (bicyclic) bond motifs is 1. The van der Waals surface area contributed by atoms with Crippen LogP contribution < -0.4 is 0 Å². The molecule has 0 spiro atoms. The zero-order valence-corrected chi connectivity index (χ0v) is 12.2. The Morgan fingerprint density at radius 3 is 2.94 bits per heavy atom. The van der Waals surface area contributed by atoms with E-state index in [2.05, 4.69) is 16.3 Å². The molecule has 0 bridgehead atoms. The maximum atomic E-state index is 6.22. The topological polar surface area (TPSA) is 3.24 Å². The fourth-order valence-electron chi connectivity index (χ4n) is 2.33. The van der Waals surface area contributed by atoms with Crippen molar-refractivity contribution in [2.24, 2.45) is 0 Å². The molecule has 1 aliphatic heterocycles. The maximum Gasteiger partial charge on any atom is 0.0465 e. The Bertz CT molecular complexity index is 565. The molecule has 0 saturated carbocycles. The van der Waals surface area contributed by atoms with E-state index in [1.807, 2.05) is 29.5 Å². The van der Waals surface area contributed by atoms with E-state index in [0.717, 1.165) is 36.6 Å². The molecule has 0 atom stereocenters. The first-order chi connectivity index (χ1) is 8.72. The van der Waals surface area contributed by atoms with Crippen LogP contribution in [0.15, 0.2) is 29.6 Å². The van der Waals surface area contributed by atoms with Gasteiger partial charge in [0, 0.05) is 34.6 Å². The Morgan fingerprint density at radius 2 is 2.11 bits per heavy atom. The Hall–Kier alpha value is -0.540. The van der Waals surface area contributed by atoms with Crippen LogP contribution in [0.1, 0.15) is 16.0 Å². The van der Waals surface area contributed by atoms with Gasteiger partial charge in [-0.2, -0.15) is 0 Å². The Balaban J connectivity index is 1.74. The number of rotatable bonds is 2. The third kappa shape index (κ3) is 2.57.